The molecule has 2 N–H and O–H groups in total. The summed E-state index contributed by atoms with van der Waals surface area (Å²) in [4.78, 5) is 12.4. The summed E-state index contributed by atoms with van der Waals surface area (Å²) >= 11 is 0. The summed E-state index contributed by atoms with van der Waals surface area (Å²) in [7, 11) is 0. The number of benzene rings is 1. The second-order valence-electron chi connectivity index (χ2n) is 6.08. The molecule has 3 rings (SSSR count). The van der Waals surface area contributed by atoms with E-state index in [0.29, 0.717) is 0 Å². The third kappa shape index (κ3) is 3.98. The van der Waals surface area contributed by atoms with E-state index in [0.717, 1.165) is 51.2 Å². The lowest BCUT2D eigenvalue weighted by atomic mass is 9.82. The van der Waals surface area contributed by atoms with E-state index in [1.165, 1.54) is 17.5 Å². The van der Waals surface area contributed by atoms with Crippen LogP contribution in [0.15, 0.2) is 24.3 Å². The normalized spacial score (nSPS) is 24.0. The van der Waals surface area contributed by atoms with E-state index in [4.69, 9.17) is 0 Å². The summed E-state index contributed by atoms with van der Waals surface area (Å²) in [6.07, 6.45) is 5.60. The fraction of sp³-hybridized carbons (Fsp3) is 0.588. The van der Waals surface area contributed by atoms with Crippen LogP contribution in [0.2, 0.25) is 0 Å². The van der Waals surface area contributed by atoms with Crippen LogP contribution in [-0.2, 0) is 11.2 Å². The molecule has 0 spiro atoms. The Kier molecular flexibility index (Phi) is 6.07. The Hall–Kier alpha value is -1.06. The molecule has 1 aromatic rings. The van der Waals surface area contributed by atoms with Gasteiger partial charge in [0.2, 0.25) is 5.91 Å². The predicted molar refractivity (Wildman–Crippen MR) is 88.0 cm³/mol. The van der Waals surface area contributed by atoms with E-state index >= 15 is 0 Å². The van der Waals surface area contributed by atoms with Gasteiger partial charge in [0.15, 0.2) is 0 Å². The highest BCUT2D eigenvalue weighted by Crippen LogP contribution is 2.31. The summed E-state index contributed by atoms with van der Waals surface area (Å²) < 4.78 is 0. The van der Waals surface area contributed by atoms with Crippen molar-refractivity contribution in [3.05, 3.63) is 35.4 Å². The van der Waals surface area contributed by atoms with Crippen LogP contribution in [0.25, 0.3) is 0 Å². The van der Waals surface area contributed by atoms with Crippen LogP contribution < -0.4 is 10.6 Å². The molecule has 1 fully saturated rings. The van der Waals surface area contributed by atoms with Crippen molar-refractivity contribution in [2.24, 2.45) is 5.92 Å². The van der Waals surface area contributed by atoms with E-state index in [1.54, 1.807) is 0 Å². The standard InChI is InChI=1S/C17H24N2O.ClH/c20-17(19-11-9-13-8-10-18-12-13)16-7-3-5-14-4-1-2-6-15(14)16;/h1-2,4,6,13,16,18H,3,5,7-12H2,(H,19,20);1H. The third-order valence-corrected chi connectivity index (χ3v) is 4.70. The third-order valence-electron chi connectivity index (χ3n) is 4.70. The highest BCUT2D eigenvalue weighted by atomic mass is 35.5. The number of carbonyl (C=O) groups is 1. The Morgan fingerprint density at radius 1 is 1.29 bits per heavy atom. The summed E-state index contributed by atoms with van der Waals surface area (Å²) in [6.45, 7) is 3.07. The van der Waals surface area contributed by atoms with Gasteiger partial charge < -0.3 is 10.6 Å². The van der Waals surface area contributed by atoms with Gasteiger partial charge in [-0.2, -0.15) is 0 Å². The molecule has 4 heteroatoms. The molecule has 21 heavy (non-hydrogen) atoms. The smallest absolute Gasteiger partial charge is 0.227 e. The minimum absolute atomic E-state index is 0. The van der Waals surface area contributed by atoms with Crippen molar-refractivity contribution in [3.63, 3.8) is 0 Å². The Morgan fingerprint density at radius 3 is 2.95 bits per heavy atom. The van der Waals surface area contributed by atoms with Crippen molar-refractivity contribution in [3.8, 4) is 0 Å². The van der Waals surface area contributed by atoms with Gasteiger partial charge in [0, 0.05) is 6.54 Å². The predicted octanol–water partition coefficient (Wildman–Crippen LogP) is 2.64. The van der Waals surface area contributed by atoms with Gasteiger partial charge >= 0.3 is 0 Å². The lowest BCUT2D eigenvalue weighted by Gasteiger charge is -2.24. The lowest BCUT2D eigenvalue weighted by molar-refractivity contribution is -0.122. The molecular weight excluding hydrogens is 284 g/mol. The Balaban J connectivity index is 0.00000161. The van der Waals surface area contributed by atoms with Gasteiger partial charge in [-0.3, -0.25) is 4.79 Å². The highest BCUT2D eigenvalue weighted by Gasteiger charge is 2.26. The molecular formula is C17H25ClN2O. The van der Waals surface area contributed by atoms with E-state index in [2.05, 4.69) is 34.9 Å². The number of halogens is 1. The molecule has 1 amide bonds. The molecule has 2 aliphatic rings. The first-order valence-corrected chi connectivity index (χ1v) is 7.91. The molecule has 1 heterocycles. The number of hydrogen-bond acceptors (Lipinski definition) is 2. The van der Waals surface area contributed by atoms with Crippen LogP contribution in [0.4, 0.5) is 0 Å². The largest absolute Gasteiger partial charge is 0.356 e. The number of carbonyl (C=O) groups excluding carboxylic acids is 1. The molecule has 0 bridgehead atoms. The fourth-order valence-corrected chi connectivity index (χ4v) is 3.51. The molecule has 1 aliphatic carbocycles. The van der Waals surface area contributed by atoms with Gasteiger partial charge in [0.05, 0.1) is 5.92 Å². The number of hydrogen-bond donors (Lipinski definition) is 2. The number of amides is 1. The number of rotatable bonds is 4. The van der Waals surface area contributed by atoms with Gasteiger partial charge in [-0.25, -0.2) is 0 Å². The average molecular weight is 309 g/mol. The van der Waals surface area contributed by atoms with Crippen LogP contribution in [0, 0.1) is 5.92 Å². The van der Waals surface area contributed by atoms with Gasteiger partial charge in [0.1, 0.15) is 0 Å². The topological polar surface area (TPSA) is 41.1 Å². The van der Waals surface area contributed by atoms with Crippen LogP contribution in [0.3, 0.4) is 0 Å². The first-order chi connectivity index (χ1) is 9.84. The minimum Gasteiger partial charge on any atom is -0.356 e. The Labute approximate surface area is 133 Å². The first-order valence-electron chi connectivity index (χ1n) is 7.91. The van der Waals surface area contributed by atoms with Crippen LogP contribution in [0.1, 0.15) is 42.7 Å². The van der Waals surface area contributed by atoms with E-state index in [9.17, 15) is 4.79 Å². The van der Waals surface area contributed by atoms with Crippen molar-refractivity contribution in [2.75, 3.05) is 19.6 Å². The maximum absolute atomic E-state index is 12.4. The van der Waals surface area contributed by atoms with Gasteiger partial charge in [-0.05, 0) is 62.2 Å². The zero-order valence-electron chi connectivity index (χ0n) is 12.4. The fourth-order valence-electron chi connectivity index (χ4n) is 3.51. The van der Waals surface area contributed by atoms with E-state index < -0.39 is 0 Å². The second kappa shape index (κ2) is 7.81. The Morgan fingerprint density at radius 2 is 2.14 bits per heavy atom. The summed E-state index contributed by atoms with van der Waals surface area (Å²) in [5.74, 6) is 1.04. The van der Waals surface area contributed by atoms with Crippen LogP contribution in [-0.4, -0.2) is 25.5 Å². The summed E-state index contributed by atoms with van der Waals surface area (Å²) in [6, 6.07) is 8.42. The van der Waals surface area contributed by atoms with Gasteiger partial charge in [0.25, 0.3) is 0 Å². The minimum atomic E-state index is 0. The average Bonchev–Trinajstić information content (AvgIpc) is 3.00. The molecule has 1 aliphatic heterocycles. The molecule has 116 valence electrons. The SMILES string of the molecule is Cl.O=C(NCCC1CCNC1)C1CCCc2ccccc21. The highest BCUT2D eigenvalue weighted by molar-refractivity contribution is 5.85. The summed E-state index contributed by atoms with van der Waals surface area (Å²) in [5, 5.41) is 6.53. The van der Waals surface area contributed by atoms with Crippen LogP contribution in [0.5, 0.6) is 0 Å². The second-order valence-corrected chi connectivity index (χ2v) is 6.08. The number of aryl methyl sites for hydroxylation is 1. The number of nitrogens with one attached hydrogen (secondary N) is 2. The van der Waals surface area contributed by atoms with Gasteiger partial charge in [-0.15, -0.1) is 12.4 Å². The molecule has 0 aromatic heterocycles. The molecule has 3 nitrogen and oxygen atoms in total. The first kappa shape index (κ1) is 16.3. The summed E-state index contributed by atoms with van der Waals surface area (Å²) in [5.41, 5.74) is 2.61. The molecule has 2 unspecified atom stereocenters. The Bertz CT molecular complexity index is 472. The van der Waals surface area contributed by atoms with Crippen molar-refractivity contribution in [2.45, 2.75) is 38.0 Å². The number of fused-ring (bicyclic) bond motifs is 1. The molecule has 0 radical (unpaired) electrons. The zero-order chi connectivity index (χ0) is 13.8. The molecule has 2 atom stereocenters. The van der Waals surface area contributed by atoms with Crippen molar-refractivity contribution in [1.82, 2.24) is 10.6 Å². The monoisotopic (exact) mass is 308 g/mol. The molecule has 0 saturated carbocycles. The zero-order valence-corrected chi connectivity index (χ0v) is 13.3. The maximum Gasteiger partial charge on any atom is 0.227 e. The quantitative estimate of drug-likeness (QED) is 0.898. The maximum atomic E-state index is 12.4. The van der Waals surface area contributed by atoms with Crippen molar-refractivity contribution >= 4 is 18.3 Å². The van der Waals surface area contributed by atoms with Crippen molar-refractivity contribution < 1.29 is 4.79 Å². The van der Waals surface area contributed by atoms with Crippen molar-refractivity contribution in [1.29, 1.82) is 0 Å². The van der Waals surface area contributed by atoms with Crippen LogP contribution >= 0.6 is 12.4 Å². The molecule has 1 saturated heterocycles. The molecule has 1 aromatic carbocycles. The lowest BCUT2D eigenvalue weighted by Crippen LogP contribution is -2.33. The van der Waals surface area contributed by atoms with E-state index in [-0.39, 0.29) is 24.2 Å². The van der Waals surface area contributed by atoms with E-state index in [1.807, 2.05) is 0 Å². The van der Waals surface area contributed by atoms with Gasteiger partial charge in [-0.1, -0.05) is 24.3 Å².